The SMILES string of the molecule is Cc1ccc(F)cc1OCC(=O)c1ccc(F)cc1. The Hall–Kier alpha value is -2.23. The highest BCUT2D eigenvalue weighted by Gasteiger charge is 2.08. The summed E-state index contributed by atoms with van der Waals surface area (Å²) in [5.41, 5.74) is 1.10. The van der Waals surface area contributed by atoms with E-state index in [1.165, 1.54) is 36.4 Å². The van der Waals surface area contributed by atoms with E-state index >= 15 is 0 Å². The van der Waals surface area contributed by atoms with Crippen molar-refractivity contribution in [3.05, 3.63) is 65.2 Å². The summed E-state index contributed by atoms with van der Waals surface area (Å²) in [4.78, 5) is 11.8. The molecule has 0 aliphatic rings. The van der Waals surface area contributed by atoms with Crippen LogP contribution in [0.1, 0.15) is 15.9 Å². The average Bonchev–Trinajstić information content (AvgIpc) is 2.40. The molecular weight excluding hydrogens is 250 g/mol. The third-order valence-corrected chi connectivity index (χ3v) is 2.68. The molecule has 0 N–H and O–H groups in total. The van der Waals surface area contributed by atoms with Crippen molar-refractivity contribution in [2.24, 2.45) is 0 Å². The van der Waals surface area contributed by atoms with Gasteiger partial charge in [-0.25, -0.2) is 8.78 Å². The number of halogens is 2. The standard InChI is InChI=1S/C15H12F2O2/c1-10-2-5-13(17)8-15(10)19-9-14(18)11-3-6-12(16)7-4-11/h2-8H,9H2,1H3. The molecule has 0 unspecified atom stereocenters. The van der Waals surface area contributed by atoms with Crippen LogP contribution in [-0.4, -0.2) is 12.4 Å². The molecule has 98 valence electrons. The van der Waals surface area contributed by atoms with Gasteiger partial charge >= 0.3 is 0 Å². The van der Waals surface area contributed by atoms with E-state index in [9.17, 15) is 13.6 Å². The lowest BCUT2D eigenvalue weighted by Crippen LogP contribution is -2.12. The van der Waals surface area contributed by atoms with Gasteiger partial charge in [-0.15, -0.1) is 0 Å². The largest absolute Gasteiger partial charge is 0.485 e. The molecule has 0 fully saturated rings. The number of ether oxygens (including phenoxy) is 1. The van der Waals surface area contributed by atoms with Gasteiger partial charge < -0.3 is 4.74 Å². The molecule has 0 atom stereocenters. The van der Waals surface area contributed by atoms with Crippen molar-refractivity contribution in [2.75, 3.05) is 6.61 Å². The molecule has 0 radical (unpaired) electrons. The second-order valence-electron chi connectivity index (χ2n) is 4.13. The van der Waals surface area contributed by atoms with Crippen LogP contribution in [0.5, 0.6) is 5.75 Å². The van der Waals surface area contributed by atoms with Crippen molar-refractivity contribution < 1.29 is 18.3 Å². The Morgan fingerprint density at radius 2 is 1.68 bits per heavy atom. The Balaban J connectivity index is 2.04. The van der Waals surface area contributed by atoms with Gasteiger partial charge in [-0.1, -0.05) is 6.07 Å². The average molecular weight is 262 g/mol. The molecule has 0 heterocycles. The molecule has 0 saturated carbocycles. The Bertz CT molecular complexity index is 592. The lowest BCUT2D eigenvalue weighted by molar-refractivity contribution is 0.0921. The Labute approximate surface area is 109 Å². The number of aryl methyl sites for hydroxylation is 1. The maximum Gasteiger partial charge on any atom is 0.200 e. The normalized spacial score (nSPS) is 10.3. The maximum absolute atomic E-state index is 13.0. The van der Waals surface area contributed by atoms with Crippen LogP contribution in [-0.2, 0) is 0 Å². The molecule has 19 heavy (non-hydrogen) atoms. The van der Waals surface area contributed by atoms with Gasteiger partial charge in [-0.05, 0) is 42.8 Å². The third-order valence-electron chi connectivity index (χ3n) is 2.68. The molecule has 2 aromatic rings. The smallest absolute Gasteiger partial charge is 0.200 e. The highest BCUT2D eigenvalue weighted by molar-refractivity contribution is 5.97. The molecule has 4 heteroatoms. The molecular formula is C15H12F2O2. The number of carbonyl (C=O) groups excluding carboxylic acids is 1. The van der Waals surface area contributed by atoms with Crippen LogP contribution in [0.3, 0.4) is 0 Å². The van der Waals surface area contributed by atoms with Gasteiger partial charge in [-0.3, -0.25) is 4.79 Å². The first-order valence-corrected chi connectivity index (χ1v) is 5.74. The minimum absolute atomic E-state index is 0.212. The molecule has 0 aromatic heterocycles. The number of Topliss-reactive ketones (excluding diaryl/α,β-unsaturated/α-hetero) is 1. The molecule has 0 aliphatic heterocycles. The quantitative estimate of drug-likeness (QED) is 0.788. The summed E-state index contributed by atoms with van der Waals surface area (Å²) in [5, 5.41) is 0. The second kappa shape index (κ2) is 5.61. The highest BCUT2D eigenvalue weighted by Crippen LogP contribution is 2.19. The van der Waals surface area contributed by atoms with Crippen LogP contribution < -0.4 is 4.74 Å². The van der Waals surface area contributed by atoms with Crippen LogP contribution >= 0.6 is 0 Å². The van der Waals surface area contributed by atoms with Crippen molar-refractivity contribution in [3.8, 4) is 5.75 Å². The van der Waals surface area contributed by atoms with Gasteiger partial charge in [0, 0.05) is 11.6 Å². The number of rotatable bonds is 4. The van der Waals surface area contributed by atoms with Crippen molar-refractivity contribution in [3.63, 3.8) is 0 Å². The summed E-state index contributed by atoms with van der Waals surface area (Å²) in [5.74, 6) is -0.785. The lowest BCUT2D eigenvalue weighted by atomic mass is 10.1. The molecule has 0 amide bonds. The molecule has 0 bridgehead atoms. The molecule has 0 aliphatic carbocycles. The second-order valence-corrected chi connectivity index (χ2v) is 4.13. The van der Waals surface area contributed by atoms with E-state index in [1.54, 1.807) is 13.0 Å². The van der Waals surface area contributed by atoms with Crippen molar-refractivity contribution in [2.45, 2.75) is 6.92 Å². The Morgan fingerprint density at radius 1 is 1.05 bits per heavy atom. The van der Waals surface area contributed by atoms with Gasteiger partial charge in [0.1, 0.15) is 17.4 Å². The van der Waals surface area contributed by atoms with Crippen LogP contribution in [0, 0.1) is 18.6 Å². The van der Waals surface area contributed by atoms with E-state index in [-0.39, 0.29) is 12.4 Å². The fourth-order valence-corrected chi connectivity index (χ4v) is 1.59. The van der Waals surface area contributed by atoms with Gasteiger partial charge in [-0.2, -0.15) is 0 Å². The fourth-order valence-electron chi connectivity index (χ4n) is 1.59. The predicted molar refractivity (Wildman–Crippen MR) is 67.4 cm³/mol. The number of hydrogen-bond acceptors (Lipinski definition) is 2. The number of carbonyl (C=O) groups is 1. The van der Waals surface area contributed by atoms with E-state index < -0.39 is 11.6 Å². The van der Waals surface area contributed by atoms with E-state index in [1.807, 2.05) is 0 Å². The van der Waals surface area contributed by atoms with Crippen LogP contribution in [0.2, 0.25) is 0 Å². The maximum atomic E-state index is 13.0. The summed E-state index contributed by atoms with van der Waals surface area (Å²) < 4.78 is 31.0. The zero-order valence-corrected chi connectivity index (χ0v) is 10.3. The number of ketones is 1. The summed E-state index contributed by atoms with van der Waals surface area (Å²) in [6.07, 6.45) is 0. The first-order chi connectivity index (χ1) is 9.06. The number of hydrogen-bond donors (Lipinski definition) is 0. The Kier molecular flexibility index (Phi) is 3.90. The minimum atomic E-state index is -0.421. The predicted octanol–water partition coefficient (Wildman–Crippen LogP) is 3.53. The van der Waals surface area contributed by atoms with Crippen molar-refractivity contribution >= 4 is 5.78 Å². The summed E-state index contributed by atoms with van der Waals surface area (Å²) in [7, 11) is 0. The fraction of sp³-hybridized carbons (Fsp3) is 0.133. The number of benzene rings is 2. The van der Waals surface area contributed by atoms with Crippen LogP contribution in [0.4, 0.5) is 8.78 Å². The van der Waals surface area contributed by atoms with Crippen molar-refractivity contribution in [1.82, 2.24) is 0 Å². The highest BCUT2D eigenvalue weighted by atomic mass is 19.1. The zero-order valence-electron chi connectivity index (χ0n) is 10.3. The van der Waals surface area contributed by atoms with Gasteiger partial charge in [0.15, 0.2) is 12.4 Å². The molecule has 0 saturated heterocycles. The monoisotopic (exact) mass is 262 g/mol. The minimum Gasteiger partial charge on any atom is -0.485 e. The molecule has 2 aromatic carbocycles. The first-order valence-electron chi connectivity index (χ1n) is 5.74. The first kappa shape index (κ1) is 13.2. The van der Waals surface area contributed by atoms with Crippen molar-refractivity contribution in [1.29, 1.82) is 0 Å². The van der Waals surface area contributed by atoms with E-state index in [4.69, 9.17) is 4.74 Å². The Morgan fingerprint density at radius 3 is 2.37 bits per heavy atom. The van der Waals surface area contributed by atoms with E-state index in [0.29, 0.717) is 11.3 Å². The zero-order chi connectivity index (χ0) is 13.8. The van der Waals surface area contributed by atoms with E-state index in [0.717, 1.165) is 5.56 Å². The topological polar surface area (TPSA) is 26.3 Å². The van der Waals surface area contributed by atoms with Gasteiger partial charge in [0.2, 0.25) is 0 Å². The van der Waals surface area contributed by atoms with E-state index in [2.05, 4.69) is 0 Å². The molecule has 2 nitrogen and oxygen atoms in total. The lowest BCUT2D eigenvalue weighted by Gasteiger charge is -2.08. The van der Waals surface area contributed by atoms with Gasteiger partial charge in [0.25, 0.3) is 0 Å². The summed E-state index contributed by atoms with van der Waals surface area (Å²) >= 11 is 0. The molecule has 2 rings (SSSR count). The van der Waals surface area contributed by atoms with Crippen LogP contribution in [0.15, 0.2) is 42.5 Å². The summed E-state index contributed by atoms with van der Waals surface area (Å²) in [6, 6.07) is 9.32. The molecule has 0 spiro atoms. The summed E-state index contributed by atoms with van der Waals surface area (Å²) in [6.45, 7) is 1.55. The third kappa shape index (κ3) is 3.37. The van der Waals surface area contributed by atoms with Gasteiger partial charge in [0.05, 0.1) is 0 Å². The van der Waals surface area contributed by atoms with Crippen LogP contribution in [0.25, 0.3) is 0 Å².